The van der Waals surface area contributed by atoms with Crippen molar-refractivity contribution in [2.24, 2.45) is 17.6 Å². The predicted octanol–water partition coefficient (Wildman–Crippen LogP) is 1.20. The summed E-state index contributed by atoms with van der Waals surface area (Å²) in [5.41, 5.74) is 6.05. The summed E-state index contributed by atoms with van der Waals surface area (Å²) in [6.07, 6.45) is 8.32. The van der Waals surface area contributed by atoms with E-state index < -0.39 is 4.92 Å². The first-order valence-corrected chi connectivity index (χ1v) is 8.24. The molecule has 0 aromatic carbocycles. The van der Waals surface area contributed by atoms with Crippen LogP contribution in [0.25, 0.3) is 0 Å². The van der Waals surface area contributed by atoms with Crippen molar-refractivity contribution in [1.82, 2.24) is 15.1 Å². The maximum absolute atomic E-state index is 12.2. The first-order valence-electron chi connectivity index (χ1n) is 8.24. The van der Waals surface area contributed by atoms with Crippen LogP contribution >= 0.6 is 0 Å². The van der Waals surface area contributed by atoms with E-state index in [1.54, 1.807) is 0 Å². The van der Waals surface area contributed by atoms with Crippen LogP contribution in [0.15, 0.2) is 12.4 Å². The smallest absolute Gasteiger partial charge is 0.306 e. The van der Waals surface area contributed by atoms with Gasteiger partial charge in [0.15, 0.2) is 0 Å². The topological polar surface area (TPSA) is 116 Å². The van der Waals surface area contributed by atoms with Gasteiger partial charge in [-0.3, -0.25) is 19.6 Å². The lowest BCUT2D eigenvalue weighted by Gasteiger charge is -2.45. The van der Waals surface area contributed by atoms with Crippen LogP contribution in [-0.4, -0.2) is 32.7 Å². The summed E-state index contributed by atoms with van der Waals surface area (Å²) < 4.78 is 1.44. The second kappa shape index (κ2) is 6.66. The summed E-state index contributed by atoms with van der Waals surface area (Å²) in [6, 6.07) is 0.506. The normalized spacial score (nSPS) is 30.0. The van der Waals surface area contributed by atoms with Gasteiger partial charge in [0.25, 0.3) is 0 Å². The highest BCUT2D eigenvalue weighted by atomic mass is 16.6. The highest BCUT2D eigenvalue weighted by molar-refractivity contribution is 5.76. The van der Waals surface area contributed by atoms with Gasteiger partial charge >= 0.3 is 5.69 Å². The van der Waals surface area contributed by atoms with Crippen LogP contribution in [0.5, 0.6) is 0 Å². The molecule has 0 spiro atoms. The van der Waals surface area contributed by atoms with Crippen LogP contribution in [-0.2, 0) is 11.3 Å². The van der Waals surface area contributed by atoms with Crippen LogP contribution in [0.3, 0.4) is 0 Å². The number of rotatable bonds is 5. The zero-order valence-corrected chi connectivity index (χ0v) is 13.1. The quantitative estimate of drug-likeness (QED) is 0.624. The zero-order valence-electron chi connectivity index (χ0n) is 13.1. The van der Waals surface area contributed by atoms with E-state index in [9.17, 15) is 14.9 Å². The molecule has 8 nitrogen and oxygen atoms in total. The van der Waals surface area contributed by atoms with Gasteiger partial charge in [0.05, 0.1) is 4.92 Å². The van der Waals surface area contributed by atoms with E-state index in [0.717, 1.165) is 25.7 Å². The highest BCUT2D eigenvalue weighted by Gasteiger charge is 2.39. The van der Waals surface area contributed by atoms with Gasteiger partial charge in [-0.2, -0.15) is 5.10 Å². The standard InChI is InChI=1S/C15H23N5O3/c16-12-6-10-2-1-3-11(7-12)15(10)18-14(21)4-5-19-9-13(8-17-19)20(22)23/h8-12,15H,1-7,16H2,(H,18,21). The van der Waals surface area contributed by atoms with Crippen LogP contribution in [0, 0.1) is 22.0 Å². The molecule has 2 unspecified atom stereocenters. The van der Waals surface area contributed by atoms with Crippen LogP contribution < -0.4 is 11.1 Å². The fourth-order valence-corrected chi connectivity index (χ4v) is 4.07. The molecule has 1 aromatic heterocycles. The number of aryl methyl sites for hydroxylation is 1. The number of nitrogens with two attached hydrogens (primary N) is 1. The maximum Gasteiger partial charge on any atom is 0.306 e. The average Bonchev–Trinajstić information content (AvgIpc) is 2.95. The van der Waals surface area contributed by atoms with Gasteiger partial charge in [0.2, 0.25) is 5.91 Å². The van der Waals surface area contributed by atoms with Crippen molar-refractivity contribution >= 4 is 11.6 Å². The molecule has 126 valence electrons. The van der Waals surface area contributed by atoms with E-state index in [4.69, 9.17) is 5.73 Å². The molecular weight excluding hydrogens is 298 g/mol. The summed E-state index contributed by atoms with van der Waals surface area (Å²) in [5.74, 6) is 0.972. The lowest BCUT2D eigenvalue weighted by molar-refractivity contribution is -0.385. The molecule has 2 bridgehead atoms. The largest absolute Gasteiger partial charge is 0.353 e. The Kier molecular flexibility index (Phi) is 4.61. The Morgan fingerprint density at radius 3 is 2.74 bits per heavy atom. The first kappa shape index (κ1) is 15.9. The minimum atomic E-state index is -0.490. The zero-order chi connectivity index (χ0) is 16.4. The number of carbonyl (C=O) groups excluding carboxylic acids is 1. The molecule has 2 aliphatic rings. The van der Waals surface area contributed by atoms with E-state index >= 15 is 0 Å². The molecule has 2 fully saturated rings. The second-order valence-electron chi connectivity index (χ2n) is 6.74. The molecule has 3 rings (SSSR count). The van der Waals surface area contributed by atoms with E-state index in [-0.39, 0.29) is 30.1 Å². The molecule has 2 aliphatic carbocycles. The summed E-state index contributed by atoms with van der Waals surface area (Å²) in [6.45, 7) is 0.348. The molecule has 0 aliphatic heterocycles. The number of nitrogens with one attached hydrogen (secondary N) is 1. The van der Waals surface area contributed by atoms with Gasteiger partial charge in [0, 0.05) is 25.0 Å². The molecule has 1 aromatic rings. The van der Waals surface area contributed by atoms with Gasteiger partial charge in [-0.1, -0.05) is 6.42 Å². The average molecular weight is 321 g/mol. The predicted molar refractivity (Wildman–Crippen MR) is 83.5 cm³/mol. The number of aromatic nitrogens is 2. The summed E-state index contributed by atoms with van der Waals surface area (Å²) >= 11 is 0. The van der Waals surface area contributed by atoms with Crippen molar-refractivity contribution in [2.75, 3.05) is 0 Å². The highest BCUT2D eigenvalue weighted by Crippen LogP contribution is 2.39. The Labute approximate surface area is 134 Å². The SMILES string of the molecule is NC1CC2CCCC(C1)C2NC(=O)CCn1cc([N+](=O)[O-])cn1. The number of hydrogen-bond acceptors (Lipinski definition) is 5. The fraction of sp³-hybridized carbons (Fsp3) is 0.733. The van der Waals surface area contributed by atoms with E-state index in [1.165, 1.54) is 23.5 Å². The lowest BCUT2D eigenvalue weighted by Crippen LogP contribution is -2.53. The Morgan fingerprint density at radius 2 is 2.13 bits per heavy atom. The fourth-order valence-electron chi connectivity index (χ4n) is 4.07. The molecule has 2 atom stereocenters. The number of nitrogens with zero attached hydrogens (tertiary/aromatic N) is 3. The second-order valence-corrected chi connectivity index (χ2v) is 6.74. The van der Waals surface area contributed by atoms with Crippen LogP contribution in [0.4, 0.5) is 5.69 Å². The van der Waals surface area contributed by atoms with Crippen LogP contribution in [0.2, 0.25) is 0 Å². The molecule has 1 heterocycles. The third-order valence-electron chi connectivity index (χ3n) is 5.10. The maximum atomic E-state index is 12.2. The summed E-state index contributed by atoms with van der Waals surface area (Å²) in [5, 5.41) is 17.7. The number of hydrogen-bond donors (Lipinski definition) is 2. The van der Waals surface area contributed by atoms with Gasteiger partial charge in [-0.05, 0) is 37.5 Å². The summed E-state index contributed by atoms with van der Waals surface area (Å²) in [7, 11) is 0. The molecule has 1 amide bonds. The molecule has 8 heteroatoms. The number of amides is 1. The van der Waals surface area contributed by atoms with Crippen molar-refractivity contribution in [2.45, 2.75) is 57.2 Å². The summed E-state index contributed by atoms with van der Waals surface area (Å²) in [4.78, 5) is 22.3. The van der Waals surface area contributed by atoms with E-state index in [2.05, 4.69) is 10.4 Å². The van der Waals surface area contributed by atoms with Gasteiger partial charge in [-0.15, -0.1) is 0 Å². The minimum Gasteiger partial charge on any atom is -0.353 e. The van der Waals surface area contributed by atoms with Crippen LogP contribution in [0.1, 0.15) is 38.5 Å². The number of nitro groups is 1. The third-order valence-corrected chi connectivity index (χ3v) is 5.10. The van der Waals surface area contributed by atoms with E-state index in [1.807, 2.05) is 0 Å². The molecule has 0 radical (unpaired) electrons. The van der Waals surface area contributed by atoms with Crippen molar-refractivity contribution in [1.29, 1.82) is 0 Å². The number of carbonyl (C=O) groups is 1. The van der Waals surface area contributed by atoms with Gasteiger partial charge in [-0.25, -0.2) is 0 Å². The number of fused-ring (bicyclic) bond motifs is 2. The Balaban J connectivity index is 1.51. The van der Waals surface area contributed by atoms with Gasteiger partial charge < -0.3 is 11.1 Å². The molecule has 2 saturated carbocycles. The van der Waals surface area contributed by atoms with Crippen molar-refractivity contribution in [3.05, 3.63) is 22.5 Å². The molecule has 0 saturated heterocycles. The third kappa shape index (κ3) is 3.69. The van der Waals surface area contributed by atoms with Crippen molar-refractivity contribution < 1.29 is 9.72 Å². The Bertz CT molecular complexity index is 573. The Morgan fingerprint density at radius 1 is 1.43 bits per heavy atom. The Hall–Kier alpha value is -1.96. The minimum absolute atomic E-state index is 0.0134. The molecular formula is C15H23N5O3. The molecule has 3 N–H and O–H groups in total. The van der Waals surface area contributed by atoms with Gasteiger partial charge in [0.1, 0.15) is 12.4 Å². The first-order chi connectivity index (χ1) is 11.0. The van der Waals surface area contributed by atoms with Crippen molar-refractivity contribution in [3.63, 3.8) is 0 Å². The monoisotopic (exact) mass is 321 g/mol. The molecule has 23 heavy (non-hydrogen) atoms. The van der Waals surface area contributed by atoms with Crippen molar-refractivity contribution in [3.8, 4) is 0 Å². The lowest BCUT2D eigenvalue weighted by atomic mass is 9.67. The van der Waals surface area contributed by atoms with E-state index in [0.29, 0.717) is 18.4 Å².